The number of para-hydroxylation sites is 2. The molecule has 0 saturated carbocycles. The normalized spacial score (nSPS) is 10.8. The number of nitrogens with one attached hydrogen (secondary N) is 2. The summed E-state index contributed by atoms with van der Waals surface area (Å²) >= 11 is 5.25. The Labute approximate surface area is 201 Å². The molecule has 0 aliphatic carbocycles. The largest absolute Gasteiger partial charge is 0.354 e. The van der Waals surface area contributed by atoms with E-state index in [1.54, 1.807) is 34.4 Å². The van der Waals surface area contributed by atoms with Crippen molar-refractivity contribution in [2.75, 3.05) is 16.9 Å². The van der Waals surface area contributed by atoms with E-state index < -0.39 is 0 Å². The fourth-order valence-electron chi connectivity index (χ4n) is 3.74. The van der Waals surface area contributed by atoms with Crippen LogP contribution in [0.4, 0.5) is 22.7 Å². The van der Waals surface area contributed by atoms with Crippen LogP contribution in [0.25, 0.3) is 22.3 Å². The van der Waals surface area contributed by atoms with Crippen molar-refractivity contribution in [2.24, 2.45) is 0 Å². The maximum Gasteiger partial charge on any atom is 0.0573 e. The van der Waals surface area contributed by atoms with Crippen molar-refractivity contribution in [3.8, 4) is 22.3 Å². The maximum absolute atomic E-state index is 3.59. The fourth-order valence-corrected chi connectivity index (χ4v) is 6.10. The van der Waals surface area contributed by atoms with E-state index in [0.717, 1.165) is 22.7 Å². The van der Waals surface area contributed by atoms with Gasteiger partial charge in [-0.3, -0.25) is 0 Å². The van der Waals surface area contributed by atoms with E-state index in [-0.39, 0.29) is 0 Å². The molecule has 0 saturated heterocycles. The van der Waals surface area contributed by atoms with Gasteiger partial charge in [-0.1, -0.05) is 54.6 Å². The molecule has 0 fully saturated rings. The van der Waals surface area contributed by atoms with Crippen LogP contribution in [-0.4, -0.2) is 6.26 Å². The van der Waals surface area contributed by atoms with E-state index in [0.29, 0.717) is 0 Å². The molecule has 0 aliphatic rings. The Morgan fingerprint density at radius 3 is 1.44 bits per heavy atom. The number of thioether (sulfide) groups is 1. The topological polar surface area (TPSA) is 24.1 Å². The summed E-state index contributed by atoms with van der Waals surface area (Å²) in [7, 11) is 0. The number of rotatable bonds is 7. The van der Waals surface area contributed by atoms with Crippen LogP contribution in [0.2, 0.25) is 0 Å². The van der Waals surface area contributed by atoms with E-state index in [1.165, 1.54) is 27.1 Å². The van der Waals surface area contributed by atoms with E-state index in [9.17, 15) is 0 Å². The molecule has 5 rings (SSSR count). The van der Waals surface area contributed by atoms with Gasteiger partial charge in [0.2, 0.25) is 0 Å². The standard InChI is InChI=1S/C27H22N2S3/c1-30-27-21(23-15-31-17-25(23)28-19-9-4-2-5-10-19)13-8-14-22(27)24-16-32-18-26(24)29-20-11-6-3-7-12-20/h2-18,28-29H,1H3. The summed E-state index contributed by atoms with van der Waals surface area (Å²) in [5, 5.41) is 16.0. The van der Waals surface area contributed by atoms with Gasteiger partial charge in [0.15, 0.2) is 0 Å². The number of hydrogen-bond acceptors (Lipinski definition) is 5. The highest BCUT2D eigenvalue weighted by atomic mass is 32.2. The van der Waals surface area contributed by atoms with Crippen molar-refractivity contribution in [1.29, 1.82) is 0 Å². The predicted molar refractivity (Wildman–Crippen MR) is 144 cm³/mol. The first-order chi connectivity index (χ1) is 15.8. The van der Waals surface area contributed by atoms with Gasteiger partial charge >= 0.3 is 0 Å². The lowest BCUT2D eigenvalue weighted by Crippen LogP contribution is -1.94. The van der Waals surface area contributed by atoms with Gasteiger partial charge in [0.1, 0.15) is 0 Å². The van der Waals surface area contributed by atoms with Gasteiger partial charge in [0.25, 0.3) is 0 Å². The zero-order chi connectivity index (χ0) is 21.8. The first-order valence-electron chi connectivity index (χ1n) is 10.3. The molecule has 5 heteroatoms. The molecule has 32 heavy (non-hydrogen) atoms. The number of hydrogen-bond donors (Lipinski definition) is 2. The highest BCUT2D eigenvalue weighted by Crippen LogP contribution is 2.45. The minimum atomic E-state index is 1.10. The van der Waals surface area contributed by atoms with Crippen molar-refractivity contribution in [1.82, 2.24) is 0 Å². The molecule has 3 aromatic carbocycles. The summed E-state index contributed by atoms with van der Waals surface area (Å²) in [4.78, 5) is 1.29. The van der Waals surface area contributed by atoms with E-state index >= 15 is 0 Å². The van der Waals surface area contributed by atoms with Gasteiger partial charge in [0, 0.05) is 48.9 Å². The minimum Gasteiger partial charge on any atom is -0.354 e. The molecule has 0 bridgehead atoms. The summed E-state index contributed by atoms with van der Waals surface area (Å²) in [5.74, 6) is 0. The molecule has 158 valence electrons. The third-order valence-electron chi connectivity index (χ3n) is 5.23. The first kappa shape index (κ1) is 20.9. The van der Waals surface area contributed by atoms with Crippen LogP contribution in [0, 0.1) is 0 Å². The van der Waals surface area contributed by atoms with Gasteiger partial charge in [-0.25, -0.2) is 0 Å². The van der Waals surface area contributed by atoms with Gasteiger partial charge in [-0.15, -0.1) is 34.4 Å². The average Bonchev–Trinajstić information content (AvgIpc) is 3.49. The predicted octanol–water partition coefficient (Wildman–Crippen LogP) is 9.35. The van der Waals surface area contributed by atoms with Gasteiger partial charge in [0.05, 0.1) is 11.4 Å². The zero-order valence-electron chi connectivity index (χ0n) is 17.5. The minimum absolute atomic E-state index is 1.10. The first-order valence-corrected chi connectivity index (χ1v) is 13.4. The summed E-state index contributed by atoms with van der Waals surface area (Å²) in [6.07, 6.45) is 2.16. The van der Waals surface area contributed by atoms with Crippen LogP contribution >= 0.6 is 34.4 Å². The third-order valence-corrected chi connectivity index (χ3v) is 7.56. The van der Waals surface area contributed by atoms with Crippen LogP contribution in [0.15, 0.2) is 105 Å². The molecule has 2 aromatic heterocycles. The Morgan fingerprint density at radius 1 is 0.531 bits per heavy atom. The molecule has 0 radical (unpaired) electrons. The van der Waals surface area contributed by atoms with Crippen LogP contribution in [0.5, 0.6) is 0 Å². The maximum atomic E-state index is 3.59. The smallest absolute Gasteiger partial charge is 0.0573 e. The Hall–Kier alpha value is -2.99. The number of thiophene rings is 2. The zero-order valence-corrected chi connectivity index (χ0v) is 20.0. The molecule has 0 atom stereocenters. The SMILES string of the molecule is CSc1c(-c2cscc2Nc2ccccc2)cccc1-c1cscc1Nc1ccccc1. The van der Waals surface area contributed by atoms with Crippen molar-refractivity contribution in [3.05, 3.63) is 100 Å². The van der Waals surface area contributed by atoms with Gasteiger partial charge in [-0.05, 0) is 41.6 Å². The van der Waals surface area contributed by atoms with Gasteiger partial charge < -0.3 is 10.6 Å². The highest BCUT2D eigenvalue weighted by Gasteiger charge is 2.17. The van der Waals surface area contributed by atoms with E-state index in [4.69, 9.17) is 0 Å². The second-order valence-electron chi connectivity index (χ2n) is 7.27. The van der Waals surface area contributed by atoms with Crippen molar-refractivity contribution < 1.29 is 0 Å². The molecule has 5 aromatic rings. The second-order valence-corrected chi connectivity index (χ2v) is 9.57. The van der Waals surface area contributed by atoms with Crippen LogP contribution in [0.3, 0.4) is 0 Å². The molecule has 2 nitrogen and oxygen atoms in total. The van der Waals surface area contributed by atoms with Crippen molar-refractivity contribution in [3.63, 3.8) is 0 Å². The molecule has 0 unspecified atom stereocenters. The Balaban J connectivity index is 1.54. The van der Waals surface area contributed by atoms with E-state index in [2.05, 4.69) is 105 Å². The molecule has 0 aliphatic heterocycles. The lowest BCUT2D eigenvalue weighted by molar-refractivity contribution is 1.44. The summed E-state index contributed by atoms with van der Waals surface area (Å²) < 4.78 is 0. The van der Waals surface area contributed by atoms with Crippen molar-refractivity contribution in [2.45, 2.75) is 4.90 Å². The molecule has 0 spiro atoms. The molecule has 2 N–H and O–H groups in total. The Morgan fingerprint density at radius 2 is 1.00 bits per heavy atom. The summed E-state index contributed by atoms with van der Waals surface area (Å²) in [6, 6.07) is 27.3. The Bertz CT molecular complexity index is 1210. The third kappa shape index (κ3) is 4.32. The molecule has 0 amide bonds. The molecular weight excluding hydrogens is 449 g/mol. The van der Waals surface area contributed by atoms with Crippen LogP contribution < -0.4 is 10.6 Å². The lowest BCUT2D eigenvalue weighted by Gasteiger charge is -2.16. The molecule has 2 heterocycles. The second kappa shape index (κ2) is 9.65. The quantitative estimate of drug-likeness (QED) is 0.232. The van der Waals surface area contributed by atoms with E-state index in [1.807, 2.05) is 12.1 Å². The van der Waals surface area contributed by atoms with Crippen molar-refractivity contribution >= 4 is 57.2 Å². The molecular formula is C27H22N2S3. The van der Waals surface area contributed by atoms with Crippen LogP contribution in [0.1, 0.15) is 0 Å². The number of benzene rings is 3. The lowest BCUT2D eigenvalue weighted by atomic mass is 10.0. The summed E-state index contributed by atoms with van der Waals surface area (Å²) in [6.45, 7) is 0. The highest BCUT2D eigenvalue weighted by molar-refractivity contribution is 7.98. The fraction of sp³-hybridized carbons (Fsp3) is 0.0370. The monoisotopic (exact) mass is 470 g/mol. The Kier molecular flexibility index (Phi) is 6.30. The van der Waals surface area contributed by atoms with Gasteiger partial charge in [-0.2, -0.15) is 0 Å². The summed E-state index contributed by atoms with van der Waals surface area (Å²) in [5.41, 5.74) is 9.46. The van der Waals surface area contributed by atoms with Crippen LogP contribution in [-0.2, 0) is 0 Å². The average molecular weight is 471 g/mol. The number of anilines is 4.